The number of aromatic nitrogens is 2. The minimum atomic E-state index is -0.259. The minimum Gasteiger partial charge on any atom is -0.299 e. The highest BCUT2D eigenvalue weighted by molar-refractivity contribution is 5.77. The van der Waals surface area contributed by atoms with Crippen molar-refractivity contribution in [2.24, 2.45) is 0 Å². The fourth-order valence-corrected chi connectivity index (χ4v) is 1.78. The van der Waals surface area contributed by atoms with Crippen LogP contribution >= 0.6 is 0 Å². The molecule has 0 aliphatic heterocycles. The van der Waals surface area contributed by atoms with Gasteiger partial charge in [-0.3, -0.25) is 4.57 Å². The quantitative estimate of drug-likeness (QED) is 0.605. The van der Waals surface area contributed by atoms with Crippen molar-refractivity contribution in [3.05, 3.63) is 60.7 Å². The van der Waals surface area contributed by atoms with Gasteiger partial charge in [0.25, 0.3) is 0 Å². The van der Waals surface area contributed by atoms with Crippen molar-refractivity contribution in [3.8, 4) is 5.69 Å². The van der Waals surface area contributed by atoms with Crippen LogP contribution < -0.4 is 0 Å². The van der Waals surface area contributed by atoms with Gasteiger partial charge in [-0.2, -0.15) is 0 Å². The molecule has 0 N–H and O–H groups in total. The van der Waals surface area contributed by atoms with Gasteiger partial charge in [-0.15, -0.1) is 0 Å². The number of hydrogen-bond donors (Lipinski definition) is 0. The average Bonchev–Trinajstić information content (AvgIpc) is 2.73. The molecule has 78 valence electrons. The third-order valence-electron chi connectivity index (χ3n) is 2.54. The molecule has 0 spiro atoms. The largest absolute Gasteiger partial charge is 0.299 e. The highest BCUT2D eigenvalue weighted by Crippen LogP contribution is 2.18. The van der Waals surface area contributed by atoms with E-state index >= 15 is 0 Å². The molecule has 0 saturated carbocycles. The predicted molar refractivity (Wildman–Crippen MR) is 61.0 cm³/mol. The number of hydrogen-bond acceptors (Lipinski definition) is 1. The summed E-state index contributed by atoms with van der Waals surface area (Å²) in [7, 11) is 0. The van der Waals surface area contributed by atoms with E-state index in [9.17, 15) is 4.39 Å². The third kappa shape index (κ3) is 1.37. The van der Waals surface area contributed by atoms with Gasteiger partial charge >= 0.3 is 0 Å². The number of benzene rings is 2. The molecule has 2 aromatic carbocycles. The Hall–Kier alpha value is -2.16. The van der Waals surface area contributed by atoms with Crippen molar-refractivity contribution in [3.63, 3.8) is 0 Å². The molecule has 1 aromatic heterocycles. The monoisotopic (exact) mass is 212 g/mol. The molecule has 3 rings (SSSR count). The SMILES string of the molecule is Fc1ccc2c(c1)ncn2-c1ccccc1. The van der Waals surface area contributed by atoms with Gasteiger partial charge in [-0.25, -0.2) is 9.37 Å². The second kappa shape index (κ2) is 3.45. The first-order valence-electron chi connectivity index (χ1n) is 5.02. The summed E-state index contributed by atoms with van der Waals surface area (Å²) in [5, 5.41) is 0. The Bertz CT molecular complexity index is 629. The van der Waals surface area contributed by atoms with Crippen LogP contribution in [0.15, 0.2) is 54.9 Å². The van der Waals surface area contributed by atoms with Gasteiger partial charge in [0.15, 0.2) is 0 Å². The van der Waals surface area contributed by atoms with Crippen molar-refractivity contribution in [2.75, 3.05) is 0 Å². The van der Waals surface area contributed by atoms with Crippen LogP contribution in [0.3, 0.4) is 0 Å². The van der Waals surface area contributed by atoms with E-state index in [0.29, 0.717) is 5.52 Å². The van der Waals surface area contributed by atoms with Crippen molar-refractivity contribution in [1.29, 1.82) is 0 Å². The molecule has 0 fully saturated rings. The zero-order valence-corrected chi connectivity index (χ0v) is 8.47. The van der Waals surface area contributed by atoms with Crippen LogP contribution in [0, 0.1) is 5.82 Å². The van der Waals surface area contributed by atoms with Crippen LogP contribution in [0.4, 0.5) is 4.39 Å². The van der Waals surface area contributed by atoms with Gasteiger partial charge in [0, 0.05) is 11.8 Å². The van der Waals surface area contributed by atoms with Gasteiger partial charge in [0.1, 0.15) is 12.1 Å². The number of rotatable bonds is 1. The van der Waals surface area contributed by atoms with Crippen LogP contribution in [0.1, 0.15) is 0 Å². The molecule has 0 bridgehead atoms. The summed E-state index contributed by atoms with van der Waals surface area (Å²) in [5.41, 5.74) is 2.60. The van der Waals surface area contributed by atoms with E-state index < -0.39 is 0 Å². The Labute approximate surface area is 92.0 Å². The molecule has 3 aromatic rings. The first-order valence-corrected chi connectivity index (χ1v) is 5.02. The Kier molecular flexibility index (Phi) is 1.96. The maximum atomic E-state index is 13.0. The fraction of sp³-hybridized carbons (Fsp3) is 0. The van der Waals surface area contributed by atoms with Crippen molar-refractivity contribution >= 4 is 11.0 Å². The van der Waals surface area contributed by atoms with Gasteiger partial charge in [-0.05, 0) is 24.3 Å². The van der Waals surface area contributed by atoms with E-state index in [1.54, 1.807) is 12.4 Å². The smallest absolute Gasteiger partial charge is 0.125 e. The lowest BCUT2D eigenvalue weighted by Crippen LogP contribution is -1.90. The molecular formula is C13H9FN2. The Morgan fingerprint density at radius 2 is 1.81 bits per heavy atom. The Morgan fingerprint density at radius 1 is 1.00 bits per heavy atom. The molecule has 0 amide bonds. The Balaban J connectivity index is 2.26. The minimum absolute atomic E-state index is 0.259. The lowest BCUT2D eigenvalue weighted by atomic mass is 10.3. The van der Waals surface area contributed by atoms with E-state index in [1.165, 1.54) is 12.1 Å². The second-order valence-electron chi connectivity index (χ2n) is 3.58. The number of halogens is 1. The molecule has 16 heavy (non-hydrogen) atoms. The summed E-state index contributed by atoms with van der Waals surface area (Å²) < 4.78 is 14.9. The second-order valence-corrected chi connectivity index (χ2v) is 3.58. The summed E-state index contributed by atoms with van der Waals surface area (Å²) in [6, 6.07) is 14.5. The zero-order valence-electron chi connectivity index (χ0n) is 8.47. The molecule has 2 nitrogen and oxygen atoms in total. The van der Waals surface area contributed by atoms with Crippen molar-refractivity contribution in [1.82, 2.24) is 9.55 Å². The van der Waals surface area contributed by atoms with E-state index in [1.807, 2.05) is 34.9 Å². The summed E-state index contributed by atoms with van der Waals surface area (Å²) in [6.45, 7) is 0. The topological polar surface area (TPSA) is 17.8 Å². The molecule has 3 heteroatoms. The summed E-state index contributed by atoms with van der Waals surface area (Å²) in [4.78, 5) is 4.18. The molecule has 0 atom stereocenters. The standard InChI is InChI=1S/C13H9FN2/c14-10-6-7-13-12(8-10)15-9-16(13)11-4-2-1-3-5-11/h1-9H. The first kappa shape index (κ1) is 9.09. The molecule has 0 aliphatic carbocycles. The molecule has 0 unspecified atom stereocenters. The number of fused-ring (bicyclic) bond motifs is 1. The van der Waals surface area contributed by atoms with E-state index in [4.69, 9.17) is 0 Å². The van der Waals surface area contributed by atoms with Crippen LogP contribution in [0.5, 0.6) is 0 Å². The normalized spacial score (nSPS) is 10.8. The summed E-state index contributed by atoms with van der Waals surface area (Å²) in [6.07, 6.45) is 1.71. The molecule has 0 radical (unpaired) electrons. The first-order chi connectivity index (χ1) is 7.84. The van der Waals surface area contributed by atoms with Crippen LogP contribution in [0.25, 0.3) is 16.7 Å². The molecular weight excluding hydrogens is 203 g/mol. The molecule has 0 aliphatic rings. The zero-order chi connectivity index (χ0) is 11.0. The maximum Gasteiger partial charge on any atom is 0.125 e. The number of nitrogens with zero attached hydrogens (tertiary/aromatic N) is 2. The number of imidazole rings is 1. The highest BCUT2D eigenvalue weighted by Gasteiger charge is 2.04. The summed E-state index contributed by atoms with van der Waals surface area (Å²) in [5.74, 6) is -0.259. The van der Waals surface area contributed by atoms with Gasteiger partial charge < -0.3 is 0 Å². The van der Waals surface area contributed by atoms with E-state index in [0.717, 1.165) is 11.2 Å². The molecule has 0 saturated heterocycles. The average molecular weight is 212 g/mol. The van der Waals surface area contributed by atoms with E-state index in [-0.39, 0.29) is 5.82 Å². The van der Waals surface area contributed by atoms with Crippen LogP contribution in [0.2, 0.25) is 0 Å². The third-order valence-corrected chi connectivity index (χ3v) is 2.54. The van der Waals surface area contributed by atoms with Crippen LogP contribution in [-0.4, -0.2) is 9.55 Å². The van der Waals surface area contributed by atoms with Gasteiger partial charge in [-0.1, -0.05) is 18.2 Å². The Morgan fingerprint density at radius 3 is 2.62 bits per heavy atom. The summed E-state index contributed by atoms with van der Waals surface area (Å²) >= 11 is 0. The maximum absolute atomic E-state index is 13.0. The van der Waals surface area contributed by atoms with E-state index in [2.05, 4.69) is 4.98 Å². The molecule has 1 heterocycles. The lowest BCUT2D eigenvalue weighted by molar-refractivity contribution is 0.629. The van der Waals surface area contributed by atoms with Crippen LogP contribution in [-0.2, 0) is 0 Å². The lowest BCUT2D eigenvalue weighted by Gasteiger charge is -2.02. The van der Waals surface area contributed by atoms with Gasteiger partial charge in [0.05, 0.1) is 11.0 Å². The van der Waals surface area contributed by atoms with Crippen molar-refractivity contribution < 1.29 is 4.39 Å². The fourth-order valence-electron chi connectivity index (χ4n) is 1.78. The predicted octanol–water partition coefficient (Wildman–Crippen LogP) is 3.16. The number of para-hydroxylation sites is 1. The van der Waals surface area contributed by atoms with Crippen molar-refractivity contribution in [2.45, 2.75) is 0 Å². The van der Waals surface area contributed by atoms with Gasteiger partial charge in [0.2, 0.25) is 0 Å². The highest BCUT2D eigenvalue weighted by atomic mass is 19.1.